The van der Waals surface area contributed by atoms with Gasteiger partial charge in [0.25, 0.3) is 0 Å². The van der Waals surface area contributed by atoms with Crippen molar-refractivity contribution in [1.82, 2.24) is 9.97 Å². The standard InChI is InChI=1S/C29H34N2O3/c1-5-24-25(6-2)31-26(19-30-24)29(33,23-18-12-14-20-13-10-11-17-22(20)23)28(3,4)27(32)34-21-15-8-7-9-16-21/h8,10-15,17-19,21,33H,5-7,9,16H2,1-4H3. The molecule has 0 spiro atoms. The number of benzene rings is 2. The molecule has 5 nitrogen and oxygen atoms in total. The van der Waals surface area contributed by atoms with Gasteiger partial charge in [0.1, 0.15) is 17.1 Å². The van der Waals surface area contributed by atoms with Crippen molar-refractivity contribution >= 4 is 16.7 Å². The van der Waals surface area contributed by atoms with Crippen LogP contribution in [-0.2, 0) is 28.0 Å². The summed E-state index contributed by atoms with van der Waals surface area (Å²) < 4.78 is 5.92. The van der Waals surface area contributed by atoms with Crippen LogP contribution in [0.1, 0.15) is 69.6 Å². The number of carbonyl (C=O) groups excluding carboxylic acids is 1. The monoisotopic (exact) mass is 458 g/mol. The molecule has 0 saturated carbocycles. The summed E-state index contributed by atoms with van der Waals surface area (Å²) in [4.78, 5) is 23.2. The van der Waals surface area contributed by atoms with Crippen molar-refractivity contribution in [1.29, 1.82) is 0 Å². The van der Waals surface area contributed by atoms with E-state index in [0.29, 0.717) is 17.7 Å². The first-order valence-electron chi connectivity index (χ1n) is 12.3. The second-order valence-corrected chi connectivity index (χ2v) is 9.52. The van der Waals surface area contributed by atoms with Gasteiger partial charge in [-0.25, -0.2) is 0 Å². The molecule has 0 radical (unpaired) electrons. The predicted octanol–water partition coefficient (Wildman–Crippen LogP) is 5.67. The van der Waals surface area contributed by atoms with Crippen LogP contribution in [0, 0.1) is 5.41 Å². The number of hydrogen-bond donors (Lipinski definition) is 1. The summed E-state index contributed by atoms with van der Waals surface area (Å²) in [7, 11) is 0. The van der Waals surface area contributed by atoms with Gasteiger partial charge >= 0.3 is 5.97 Å². The molecule has 178 valence electrons. The molecule has 1 aliphatic carbocycles. The van der Waals surface area contributed by atoms with E-state index in [4.69, 9.17) is 9.72 Å². The van der Waals surface area contributed by atoms with E-state index in [1.54, 1.807) is 20.0 Å². The van der Waals surface area contributed by atoms with Gasteiger partial charge in [-0.1, -0.05) is 62.4 Å². The van der Waals surface area contributed by atoms with Gasteiger partial charge in [-0.3, -0.25) is 14.8 Å². The van der Waals surface area contributed by atoms with Crippen molar-refractivity contribution < 1.29 is 14.6 Å². The van der Waals surface area contributed by atoms with Crippen LogP contribution in [0.4, 0.5) is 0 Å². The Bertz CT molecular complexity index is 1210. The molecular weight excluding hydrogens is 424 g/mol. The number of nitrogens with zero attached hydrogens (tertiary/aromatic N) is 2. The first-order valence-corrected chi connectivity index (χ1v) is 12.3. The number of rotatable bonds is 7. The van der Waals surface area contributed by atoms with Gasteiger partial charge in [0.2, 0.25) is 0 Å². The molecule has 1 aromatic heterocycles. The lowest BCUT2D eigenvalue weighted by molar-refractivity contribution is -0.172. The van der Waals surface area contributed by atoms with Crippen LogP contribution in [0.2, 0.25) is 0 Å². The minimum atomic E-state index is -1.76. The zero-order valence-corrected chi connectivity index (χ0v) is 20.5. The largest absolute Gasteiger partial charge is 0.458 e. The third kappa shape index (κ3) is 4.14. The van der Waals surface area contributed by atoms with Crippen LogP contribution in [0.3, 0.4) is 0 Å². The quantitative estimate of drug-likeness (QED) is 0.365. The summed E-state index contributed by atoms with van der Waals surface area (Å²) in [6.07, 6.45) is 9.54. The zero-order valence-electron chi connectivity index (χ0n) is 20.5. The van der Waals surface area contributed by atoms with Gasteiger partial charge in [0.15, 0.2) is 0 Å². The molecular formula is C29H34N2O3. The molecule has 0 aliphatic heterocycles. The Kier molecular flexibility index (Phi) is 6.85. The van der Waals surface area contributed by atoms with Crippen molar-refractivity contribution in [3.05, 3.63) is 83.5 Å². The maximum Gasteiger partial charge on any atom is 0.315 e. The number of esters is 1. The SMILES string of the molecule is CCc1ncc(C(O)(c2cccc3ccccc23)C(C)(C)C(=O)OC2C=CCCC2)nc1CC. The maximum atomic E-state index is 13.7. The van der Waals surface area contributed by atoms with Gasteiger partial charge in [-0.15, -0.1) is 0 Å². The Hall–Kier alpha value is -3.05. The maximum absolute atomic E-state index is 13.7. The van der Waals surface area contributed by atoms with Crippen molar-refractivity contribution in [3.63, 3.8) is 0 Å². The molecule has 34 heavy (non-hydrogen) atoms. The molecule has 3 aromatic rings. The number of hydrogen-bond acceptors (Lipinski definition) is 5. The van der Waals surface area contributed by atoms with E-state index < -0.39 is 17.0 Å². The highest BCUT2D eigenvalue weighted by Crippen LogP contribution is 2.47. The Labute approximate surface area is 201 Å². The fraction of sp³-hybridized carbons (Fsp3) is 0.414. The smallest absolute Gasteiger partial charge is 0.315 e. The van der Waals surface area contributed by atoms with Gasteiger partial charge in [0.05, 0.1) is 23.3 Å². The second kappa shape index (κ2) is 9.67. The Balaban J connectivity index is 1.92. The lowest BCUT2D eigenvalue weighted by atomic mass is 9.67. The highest BCUT2D eigenvalue weighted by atomic mass is 16.5. The number of aliphatic hydroxyl groups is 1. The third-order valence-electron chi connectivity index (χ3n) is 7.03. The van der Waals surface area contributed by atoms with Gasteiger partial charge < -0.3 is 9.84 Å². The number of carbonyl (C=O) groups is 1. The number of allylic oxidation sites excluding steroid dienone is 1. The summed E-state index contributed by atoms with van der Waals surface area (Å²) in [6.45, 7) is 7.55. The van der Waals surface area contributed by atoms with Crippen molar-refractivity contribution in [2.75, 3.05) is 0 Å². The van der Waals surface area contributed by atoms with E-state index >= 15 is 0 Å². The first kappa shape index (κ1) is 24.1. The van der Waals surface area contributed by atoms with Crippen molar-refractivity contribution in [2.24, 2.45) is 5.41 Å². The minimum Gasteiger partial charge on any atom is -0.458 e. The van der Waals surface area contributed by atoms with Gasteiger partial charge in [0, 0.05) is 0 Å². The number of ether oxygens (including phenoxy) is 1. The fourth-order valence-corrected chi connectivity index (χ4v) is 4.85. The van der Waals surface area contributed by atoms with E-state index in [2.05, 4.69) is 4.98 Å². The lowest BCUT2D eigenvalue weighted by Crippen LogP contribution is -2.50. The Morgan fingerprint density at radius 3 is 2.53 bits per heavy atom. The number of aryl methyl sites for hydroxylation is 2. The minimum absolute atomic E-state index is 0.281. The first-order chi connectivity index (χ1) is 16.3. The predicted molar refractivity (Wildman–Crippen MR) is 134 cm³/mol. The van der Waals surface area contributed by atoms with E-state index in [0.717, 1.165) is 47.8 Å². The molecule has 1 aliphatic rings. The highest BCUT2D eigenvalue weighted by molar-refractivity contribution is 5.89. The molecule has 4 rings (SSSR count). The molecule has 1 N–H and O–H groups in total. The van der Waals surface area contributed by atoms with Crippen LogP contribution < -0.4 is 0 Å². The summed E-state index contributed by atoms with van der Waals surface area (Å²) in [5.74, 6) is -0.459. The molecule has 2 atom stereocenters. The van der Waals surface area contributed by atoms with E-state index in [1.807, 2.05) is 68.5 Å². The van der Waals surface area contributed by atoms with Crippen LogP contribution in [0.5, 0.6) is 0 Å². The topological polar surface area (TPSA) is 72.3 Å². The highest BCUT2D eigenvalue weighted by Gasteiger charge is 2.54. The Morgan fingerprint density at radius 2 is 1.82 bits per heavy atom. The van der Waals surface area contributed by atoms with Crippen LogP contribution in [-0.4, -0.2) is 27.1 Å². The molecule has 0 amide bonds. The molecule has 0 bridgehead atoms. The normalized spacial score (nSPS) is 18.0. The average molecular weight is 459 g/mol. The van der Waals surface area contributed by atoms with E-state index in [9.17, 15) is 9.90 Å². The van der Waals surface area contributed by atoms with Gasteiger partial charge in [-0.2, -0.15) is 0 Å². The molecule has 0 fully saturated rings. The molecule has 2 aromatic carbocycles. The lowest BCUT2D eigenvalue weighted by Gasteiger charge is -2.42. The number of aromatic nitrogens is 2. The fourth-order valence-electron chi connectivity index (χ4n) is 4.85. The summed E-state index contributed by atoms with van der Waals surface area (Å²) in [5.41, 5.74) is -0.383. The van der Waals surface area contributed by atoms with Crippen LogP contribution >= 0.6 is 0 Å². The number of fused-ring (bicyclic) bond motifs is 1. The van der Waals surface area contributed by atoms with E-state index in [-0.39, 0.29) is 6.10 Å². The third-order valence-corrected chi connectivity index (χ3v) is 7.03. The van der Waals surface area contributed by atoms with Crippen LogP contribution in [0.15, 0.2) is 60.8 Å². The molecule has 0 saturated heterocycles. The molecule has 1 heterocycles. The summed E-state index contributed by atoms with van der Waals surface area (Å²) >= 11 is 0. The molecule has 2 unspecified atom stereocenters. The van der Waals surface area contributed by atoms with Gasteiger partial charge in [-0.05, 0) is 68.4 Å². The van der Waals surface area contributed by atoms with Crippen LogP contribution in [0.25, 0.3) is 10.8 Å². The average Bonchev–Trinajstić information content (AvgIpc) is 2.87. The second-order valence-electron chi connectivity index (χ2n) is 9.52. The van der Waals surface area contributed by atoms with Crippen molar-refractivity contribution in [3.8, 4) is 0 Å². The summed E-state index contributed by atoms with van der Waals surface area (Å²) in [6, 6.07) is 13.6. The van der Waals surface area contributed by atoms with Crippen molar-refractivity contribution in [2.45, 2.75) is 71.5 Å². The zero-order chi connectivity index (χ0) is 24.3. The van der Waals surface area contributed by atoms with E-state index in [1.165, 1.54) is 0 Å². The Morgan fingerprint density at radius 1 is 1.09 bits per heavy atom. The molecule has 5 heteroatoms. The summed E-state index contributed by atoms with van der Waals surface area (Å²) in [5, 5.41) is 14.5.